The van der Waals surface area contributed by atoms with Gasteiger partial charge in [0.15, 0.2) is 0 Å². The first kappa shape index (κ1) is 23.7. The number of amides is 1. The highest BCUT2D eigenvalue weighted by Crippen LogP contribution is 2.25. The molecule has 0 aliphatic carbocycles. The number of sulfonamides is 1. The summed E-state index contributed by atoms with van der Waals surface area (Å²) < 4.78 is 32.2. The Balaban J connectivity index is 1.37. The van der Waals surface area contributed by atoms with Crippen molar-refractivity contribution in [3.8, 4) is 0 Å². The molecule has 0 aromatic heterocycles. The van der Waals surface area contributed by atoms with Gasteiger partial charge < -0.3 is 15.0 Å². The fourth-order valence-corrected chi connectivity index (χ4v) is 5.88. The van der Waals surface area contributed by atoms with Gasteiger partial charge in [-0.3, -0.25) is 4.79 Å². The Hall–Kier alpha value is -2.42. The van der Waals surface area contributed by atoms with Crippen molar-refractivity contribution in [1.82, 2.24) is 9.62 Å². The van der Waals surface area contributed by atoms with Gasteiger partial charge in [-0.1, -0.05) is 19.1 Å². The largest absolute Gasteiger partial charge is 0.379 e. The van der Waals surface area contributed by atoms with E-state index in [0.29, 0.717) is 37.8 Å². The second-order valence-corrected chi connectivity index (χ2v) is 11.0. The van der Waals surface area contributed by atoms with Gasteiger partial charge in [-0.15, -0.1) is 0 Å². The van der Waals surface area contributed by atoms with Crippen LogP contribution in [0.1, 0.15) is 48.7 Å². The van der Waals surface area contributed by atoms with Crippen molar-refractivity contribution < 1.29 is 17.9 Å². The molecule has 178 valence electrons. The van der Waals surface area contributed by atoms with E-state index in [1.807, 2.05) is 6.92 Å². The Labute approximate surface area is 196 Å². The summed E-state index contributed by atoms with van der Waals surface area (Å²) >= 11 is 0. The summed E-state index contributed by atoms with van der Waals surface area (Å²) in [4.78, 5) is 15.4. The summed E-state index contributed by atoms with van der Waals surface area (Å²) in [6.45, 7) is 7.91. The van der Waals surface area contributed by atoms with Crippen LogP contribution in [0.2, 0.25) is 0 Å². The fourth-order valence-electron chi connectivity index (χ4n) is 4.48. The van der Waals surface area contributed by atoms with Crippen molar-refractivity contribution in [2.75, 3.05) is 44.3 Å². The summed E-state index contributed by atoms with van der Waals surface area (Å²) in [6.07, 6.45) is 2.51. The zero-order chi connectivity index (χ0) is 23.4. The molecule has 33 heavy (non-hydrogen) atoms. The van der Waals surface area contributed by atoms with Crippen molar-refractivity contribution in [3.63, 3.8) is 0 Å². The minimum atomic E-state index is -3.57. The highest BCUT2D eigenvalue weighted by molar-refractivity contribution is 7.89. The number of rotatable bonds is 6. The molecule has 2 aliphatic heterocycles. The molecule has 0 saturated carbocycles. The van der Waals surface area contributed by atoms with Gasteiger partial charge in [0.25, 0.3) is 5.91 Å². The van der Waals surface area contributed by atoms with Crippen molar-refractivity contribution >= 4 is 21.6 Å². The van der Waals surface area contributed by atoms with Crippen molar-refractivity contribution in [2.45, 2.75) is 37.6 Å². The van der Waals surface area contributed by atoms with Crippen LogP contribution in [0.15, 0.2) is 53.4 Å². The summed E-state index contributed by atoms with van der Waals surface area (Å²) in [5, 5.41) is 3.01. The molecule has 2 heterocycles. The molecule has 0 spiro atoms. The standard InChI is InChI=1S/C25H33N3O4S/c1-19-4-3-13-27(18-19)23-9-5-21(6-10-23)20(2)26-25(29)22-7-11-24(12-8-22)33(30,31)28-14-16-32-17-15-28/h5-12,19-20H,3-4,13-18H2,1-2H3,(H,26,29). The van der Waals surface area contributed by atoms with E-state index in [4.69, 9.17) is 4.74 Å². The lowest BCUT2D eigenvalue weighted by molar-refractivity contribution is 0.0730. The molecule has 2 aliphatic rings. The van der Waals surface area contributed by atoms with Gasteiger partial charge in [-0.25, -0.2) is 8.42 Å². The maximum Gasteiger partial charge on any atom is 0.251 e. The zero-order valence-corrected chi connectivity index (χ0v) is 20.2. The fraction of sp³-hybridized carbons (Fsp3) is 0.480. The molecule has 1 amide bonds. The minimum absolute atomic E-state index is 0.163. The average molecular weight is 472 g/mol. The maximum atomic E-state index is 12.8. The van der Waals surface area contributed by atoms with Crippen LogP contribution in [-0.2, 0) is 14.8 Å². The third-order valence-electron chi connectivity index (χ3n) is 6.49. The molecule has 4 rings (SSSR count). The molecule has 1 N–H and O–H groups in total. The van der Waals surface area contributed by atoms with Gasteiger partial charge in [0.05, 0.1) is 24.2 Å². The third-order valence-corrected chi connectivity index (χ3v) is 8.40. The molecule has 2 saturated heterocycles. The molecule has 7 nitrogen and oxygen atoms in total. The molecule has 8 heteroatoms. The Morgan fingerprint density at radius 1 is 1.03 bits per heavy atom. The van der Waals surface area contributed by atoms with Gasteiger partial charge in [0.1, 0.15) is 0 Å². The Kier molecular flexibility index (Phi) is 7.36. The first-order valence-corrected chi connectivity index (χ1v) is 13.1. The second-order valence-electron chi connectivity index (χ2n) is 9.02. The summed E-state index contributed by atoms with van der Waals surface area (Å²) in [7, 11) is -3.57. The Morgan fingerprint density at radius 3 is 2.33 bits per heavy atom. The lowest BCUT2D eigenvalue weighted by Gasteiger charge is -2.33. The lowest BCUT2D eigenvalue weighted by Crippen LogP contribution is -2.40. The van der Waals surface area contributed by atoms with Crippen LogP contribution in [0.4, 0.5) is 5.69 Å². The van der Waals surface area contributed by atoms with Crippen LogP contribution in [0, 0.1) is 5.92 Å². The number of carbonyl (C=O) groups excluding carboxylic acids is 1. The van der Waals surface area contributed by atoms with Crippen LogP contribution in [-0.4, -0.2) is 58.0 Å². The van der Waals surface area contributed by atoms with Crippen LogP contribution in [0.3, 0.4) is 0 Å². The topological polar surface area (TPSA) is 79.0 Å². The Bertz CT molecular complexity index is 1050. The van der Waals surface area contributed by atoms with E-state index in [0.717, 1.165) is 18.7 Å². The van der Waals surface area contributed by atoms with Gasteiger partial charge >= 0.3 is 0 Å². The van der Waals surface area contributed by atoms with Crippen LogP contribution in [0.5, 0.6) is 0 Å². The molecule has 2 fully saturated rings. The van der Waals surface area contributed by atoms with E-state index in [1.54, 1.807) is 12.1 Å². The molecule has 2 aromatic carbocycles. The van der Waals surface area contributed by atoms with E-state index in [1.165, 1.54) is 35.0 Å². The van der Waals surface area contributed by atoms with Crippen molar-refractivity contribution in [3.05, 3.63) is 59.7 Å². The number of nitrogens with zero attached hydrogens (tertiary/aromatic N) is 2. The number of ether oxygens (including phenoxy) is 1. The van der Waals surface area contributed by atoms with Gasteiger partial charge in [0, 0.05) is 37.4 Å². The minimum Gasteiger partial charge on any atom is -0.379 e. The third kappa shape index (κ3) is 5.57. The summed E-state index contributed by atoms with van der Waals surface area (Å²) in [5.41, 5.74) is 2.69. The van der Waals surface area contributed by atoms with Crippen LogP contribution in [0.25, 0.3) is 0 Å². The second kappa shape index (κ2) is 10.2. The van der Waals surface area contributed by atoms with E-state index < -0.39 is 10.0 Å². The monoisotopic (exact) mass is 471 g/mol. The molecule has 2 unspecified atom stereocenters. The number of piperidine rings is 1. The first-order valence-electron chi connectivity index (χ1n) is 11.7. The maximum absolute atomic E-state index is 12.8. The number of anilines is 1. The number of nitrogens with one attached hydrogen (secondary N) is 1. The average Bonchev–Trinajstić information content (AvgIpc) is 2.84. The van der Waals surface area contributed by atoms with Gasteiger partial charge in [0.2, 0.25) is 10.0 Å². The molecular formula is C25H33N3O4S. The number of hydrogen-bond donors (Lipinski definition) is 1. The lowest BCUT2D eigenvalue weighted by atomic mass is 9.99. The molecule has 2 atom stereocenters. The molecule has 2 aromatic rings. The predicted octanol–water partition coefficient (Wildman–Crippen LogP) is 3.43. The number of carbonyl (C=O) groups is 1. The van der Waals surface area contributed by atoms with Gasteiger partial charge in [-0.05, 0) is 67.6 Å². The number of hydrogen-bond acceptors (Lipinski definition) is 5. The molecular weight excluding hydrogens is 438 g/mol. The van der Waals surface area contributed by atoms with E-state index in [2.05, 4.69) is 41.4 Å². The van der Waals surface area contributed by atoms with Crippen LogP contribution >= 0.6 is 0 Å². The Morgan fingerprint density at radius 2 is 1.70 bits per heavy atom. The summed E-state index contributed by atoms with van der Waals surface area (Å²) in [6, 6.07) is 14.4. The highest BCUT2D eigenvalue weighted by Gasteiger charge is 2.26. The van der Waals surface area contributed by atoms with Crippen molar-refractivity contribution in [1.29, 1.82) is 0 Å². The van der Waals surface area contributed by atoms with Crippen LogP contribution < -0.4 is 10.2 Å². The SMILES string of the molecule is CC1CCCN(c2ccc(C(C)NC(=O)c3ccc(S(=O)(=O)N4CCOCC4)cc3)cc2)C1. The van der Waals surface area contributed by atoms with E-state index >= 15 is 0 Å². The number of benzene rings is 2. The van der Waals surface area contributed by atoms with E-state index in [9.17, 15) is 13.2 Å². The van der Waals surface area contributed by atoms with Crippen molar-refractivity contribution in [2.24, 2.45) is 5.92 Å². The zero-order valence-electron chi connectivity index (χ0n) is 19.4. The molecule has 0 bridgehead atoms. The predicted molar refractivity (Wildman–Crippen MR) is 129 cm³/mol. The van der Waals surface area contributed by atoms with Gasteiger partial charge in [-0.2, -0.15) is 4.31 Å². The smallest absolute Gasteiger partial charge is 0.251 e. The first-order chi connectivity index (χ1) is 15.8. The highest BCUT2D eigenvalue weighted by atomic mass is 32.2. The van der Waals surface area contributed by atoms with E-state index in [-0.39, 0.29) is 16.8 Å². The molecule has 0 radical (unpaired) electrons. The normalized spacial score (nSPS) is 20.9. The number of morpholine rings is 1. The quantitative estimate of drug-likeness (QED) is 0.698. The summed E-state index contributed by atoms with van der Waals surface area (Å²) in [5.74, 6) is 0.485.